The molecule has 0 saturated heterocycles. The van der Waals surface area contributed by atoms with Crippen LogP contribution in [0, 0.1) is 23.7 Å². The number of rotatable bonds is 26. The van der Waals surface area contributed by atoms with Gasteiger partial charge in [-0.1, -0.05) is 101 Å². The zero-order valence-corrected chi connectivity index (χ0v) is 64.3. The summed E-state index contributed by atoms with van der Waals surface area (Å²) in [5.74, 6) is 2.05. The van der Waals surface area contributed by atoms with Gasteiger partial charge in [-0.05, 0) is 99.9 Å². The van der Waals surface area contributed by atoms with E-state index in [1.165, 1.54) is 111 Å². The molecule has 20 nitrogen and oxygen atoms in total. The van der Waals surface area contributed by atoms with Gasteiger partial charge in [0.1, 0.15) is 43.2 Å². The predicted octanol–water partition coefficient (Wildman–Crippen LogP) is 13.4. The molecule has 8 aromatic rings. The third kappa shape index (κ3) is 20.1. The Morgan fingerprint density at radius 1 is 0.330 bits per heavy atom. The summed E-state index contributed by atoms with van der Waals surface area (Å²) in [6.07, 6.45) is 16.7. The van der Waals surface area contributed by atoms with Gasteiger partial charge in [-0.3, -0.25) is 19.2 Å². The van der Waals surface area contributed by atoms with Crippen molar-refractivity contribution in [1.82, 2.24) is 37.2 Å². The third-order valence-corrected chi connectivity index (χ3v) is 29.2. The molecule has 0 atom stereocenters. The van der Waals surface area contributed by atoms with Gasteiger partial charge in [0.05, 0.1) is 68.0 Å². The van der Waals surface area contributed by atoms with Crippen LogP contribution in [0.3, 0.4) is 0 Å². The van der Waals surface area contributed by atoms with Gasteiger partial charge >= 0.3 is 0 Å². The molecule has 100 heavy (non-hydrogen) atoms. The Bertz CT molecular complexity index is 4560. The van der Waals surface area contributed by atoms with Crippen molar-refractivity contribution in [2.75, 3.05) is 55.4 Å². The van der Waals surface area contributed by atoms with Crippen LogP contribution >= 0.6 is 45.3 Å². The third-order valence-electron chi connectivity index (χ3n) is 18.3. The van der Waals surface area contributed by atoms with Crippen LogP contribution in [0.1, 0.15) is 124 Å². The lowest BCUT2D eigenvalue weighted by Gasteiger charge is -2.23. The molecular weight excluding hydrogens is 1430 g/mol. The maximum Gasteiger partial charge on any atom is 0.243 e. The van der Waals surface area contributed by atoms with Crippen molar-refractivity contribution in [1.29, 1.82) is 0 Å². The summed E-state index contributed by atoms with van der Waals surface area (Å²) in [4.78, 5) is 67.9. The average Bonchev–Trinajstić information content (AvgIpc) is 1.40. The van der Waals surface area contributed by atoms with Gasteiger partial charge in [-0.2, -0.15) is 4.31 Å². The maximum atomic E-state index is 12.6. The molecule has 12 rings (SSSR count). The first-order valence-electron chi connectivity index (χ1n) is 33.7. The minimum atomic E-state index is -3.45. The van der Waals surface area contributed by atoms with E-state index in [2.05, 4.69) is 19.9 Å². The molecule has 0 aliphatic heterocycles. The number of hydrogen-bond donors (Lipinski definition) is 0. The fourth-order valence-electron chi connectivity index (χ4n) is 11.6. The smallest absolute Gasteiger partial charge is 0.243 e. The summed E-state index contributed by atoms with van der Waals surface area (Å²) in [6.45, 7) is 4.57. The number of nitrogens with zero attached hydrogens (tertiary/aromatic N) is 8. The van der Waals surface area contributed by atoms with Crippen LogP contribution in [-0.2, 0) is 85.0 Å². The van der Waals surface area contributed by atoms with Gasteiger partial charge in [-0.15, -0.1) is 45.3 Å². The fourth-order valence-corrected chi connectivity index (χ4v) is 19.0. The number of ketones is 4. The highest BCUT2D eigenvalue weighted by atomic mass is 32.2. The van der Waals surface area contributed by atoms with Gasteiger partial charge in [0, 0.05) is 123 Å². The Morgan fingerprint density at radius 3 is 0.760 bits per heavy atom. The van der Waals surface area contributed by atoms with Gasteiger partial charge in [-0.25, -0.2) is 66.5 Å². The van der Waals surface area contributed by atoms with E-state index in [-0.39, 0.29) is 49.9 Å². The normalized spacial score (nSPS) is 15.6. The van der Waals surface area contributed by atoms with Crippen LogP contribution in [0.4, 0.5) is 0 Å². The predicted molar refractivity (Wildman–Crippen MR) is 396 cm³/mol. The van der Waals surface area contributed by atoms with E-state index in [1.807, 2.05) is 35.4 Å². The second kappa shape index (κ2) is 34.8. The molecule has 4 aliphatic rings. The molecule has 4 fully saturated rings. The maximum absolute atomic E-state index is 12.6. The van der Waals surface area contributed by atoms with E-state index in [9.17, 15) is 52.8 Å². The lowest BCUT2D eigenvalue weighted by molar-refractivity contribution is -0.124. The highest BCUT2D eigenvalue weighted by Crippen LogP contribution is 2.35. The molecule has 4 heterocycles. The molecular formula is C72H88N8O12S8. The van der Waals surface area contributed by atoms with E-state index < -0.39 is 40.1 Å². The molecule has 4 aliphatic carbocycles. The van der Waals surface area contributed by atoms with Crippen LogP contribution in [0.5, 0.6) is 0 Å². The Balaban J connectivity index is 0.000000156. The first-order valence-corrected chi connectivity index (χ1v) is 42.9. The molecule has 4 saturated carbocycles. The summed E-state index contributed by atoms with van der Waals surface area (Å²) in [6, 6.07) is 26.9. The van der Waals surface area contributed by atoms with E-state index in [0.29, 0.717) is 55.2 Å². The summed E-state index contributed by atoms with van der Waals surface area (Å²) in [5, 5.41) is 11.0. The summed E-state index contributed by atoms with van der Waals surface area (Å²) < 4.78 is 103. The summed E-state index contributed by atoms with van der Waals surface area (Å²) in [5.41, 5.74) is 6.57. The van der Waals surface area contributed by atoms with Crippen LogP contribution in [0.2, 0.25) is 0 Å². The largest absolute Gasteiger partial charge is 0.299 e. The molecule has 0 N–H and O–H groups in total. The summed E-state index contributed by atoms with van der Waals surface area (Å²) in [7, 11) is -4.66. The minimum Gasteiger partial charge on any atom is -0.299 e. The zero-order valence-electron chi connectivity index (χ0n) is 57.7. The van der Waals surface area contributed by atoms with Crippen LogP contribution in [0.25, 0.3) is 45.0 Å². The molecule has 0 unspecified atom stereocenters. The number of carbonyl (C=O) groups excluding carboxylic acids is 4. The quantitative estimate of drug-likeness (QED) is 0.0487. The lowest BCUT2D eigenvalue weighted by atomic mass is 9.81. The Kier molecular flexibility index (Phi) is 27.1. The number of carbonyl (C=O) groups is 4. The molecule has 0 radical (unpaired) electrons. The molecule has 28 heteroatoms. The SMILES string of the molecule is CCN(CC)S(=O)(=O)c1ccc(-c2csc(CC(=O)C3CCCCC3)n2)cc1.CN(C)S(=O)(=O)c1ccc(-c2csc(CC(=O)C3CC3)n2)cc1.CN(C)S(=O)(=O)c1ccc(-c2csc(CC(=O)C3CCC3)n2)cc1.CN(C)S(=O)(=O)c1ccc(-c2csc(CC(=O)C3CCCC3)n2)cc1. The van der Waals surface area contributed by atoms with Gasteiger partial charge in [0.2, 0.25) is 40.1 Å². The van der Waals surface area contributed by atoms with Crippen molar-refractivity contribution in [3.8, 4) is 45.0 Å². The number of thiazole rings is 4. The number of Topliss-reactive ketones (excluding diaryl/α,β-unsaturated/α-hetero) is 4. The van der Waals surface area contributed by atoms with Gasteiger partial charge in [0.25, 0.3) is 0 Å². The van der Waals surface area contributed by atoms with Crippen molar-refractivity contribution in [2.24, 2.45) is 23.7 Å². The first kappa shape index (κ1) is 77.9. The topological polar surface area (TPSA) is 269 Å². The molecule has 4 aromatic carbocycles. The first-order chi connectivity index (χ1) is 47.6. The average molecular weight is 1510 g/mol. The monoisotopic (exact) mass is 1510 g/mol. The zero-order chi connectivity index (χ0) is 72.1. The molecule has 0 bridgehead atoms. The Morgan fingerprint density at radius 2 is 0.550 bits per heavy atom. The van der Waals surface area contributed by atoms with Crippen molar-refractivity contribution in [3.05, 3.63) is 139 Å². The van der Waals surface area contributed by atoms with Crippen molar-refractivity contribution in [2.45, 2.75) is 149 Å². The van der Waals surface area contributed by atoms with Crippen LogP contribution < -0.4 is 0 Å². The Labute approximate surface area is 605 Å². The van der Waals surface area contributed by atoms with E-state index in [4.69, 9.17) is 0 Å². The number of hydrogen-bond acceptors (Lipinski definition) is 20. The van der Waals surface area contributed by atoms with Crippen LogP contribution in [-0.4, -0.2) is 149 Å². The second-order valence-corrected chi connectivity index (χ2v) is 38.0. The van der Waals surface area contributed by atoms with E-state index in [1.54, 1.807) is 97.1 Å². The lowest BCUT2D eigenvalue weighted by Crippen LogP contribution is -2.30. The number of sulfonamides is 4. The van der Waals surface area contributed by atoms with Gasteiger partial charge in [0.15, 0.2) is 0 Å². The van der Waals surface area contributed by atoms with Gasteiger partial charge < -0.3 is 0 Å². The van der Waals surface area contributed by atoms with Crippen LogP contribution in [0.15, 0.2) is 138 Å². The highest BCUT2D eigenvalue weighted by molar-refractivity contribution is 7.90. The number of benzene rings is 4. The van der Waals surface area contributed by atoms with Crippen molar-refractivity contribution in [3.63, 3.8) is 0 Å². The molecule has 0 spiro atoms. The second-order valence-electron chi connectivity index (χ2n) is 25.8. The van der Waals surface area contributed by atoms with E-state index >= 15 is 0 Å². The van der Waals surface area contributed by atoms with E-state index in [0.717, 1.165) is 149 Å². The molecule has 4 aromatic heterocycles. The minimum absolute atomic E-state index is 0.200. The molecule has 0 amide bonds. The van der Waals surface area contributed by atoms with Crippen molar-refractivity contribution >= 4 is 109 Å². The van der Waals surface area contributed by atoms with Crippen molar-refractivity contribution < 1.29 is 52.8 Å². The highest BCUT2D eigenvalue weighted by Gasteiger charge is 2.31. The standard InChI is InChI=1S/C21H28N2O3S2.C18H22N2O3S2.C17H20N2O3S2.C16H18N2O3S2/c1-3-23(4-2)28(25,26)18-12-10-16(11-13-18)19-15-27-21(22-19)14-20(24)17-8-6-5-7-9-17;1-20(2)25(22,23)15-9-7-13(8-10-15)16-12-24-18(19-16)11-17(21)14-5-3-4-6-14;1-19(2)24(21,22)14-8-6-12(7-9-14)15-11-23-17(18-15)10-16(20)13-4-3-5-13;1-18(2)23(20,21)13-7-5-11(6-8-13)14-10-22-16(17-14)9-15(19)12-3-4-12/h10-13,15,17H,3-9,14H2,1-2H3;7-10,12,14H,3-6,11H2,1-2H3;6-9,11,13H,3-5,10H2,1-2H3;5-8,10,12H,3-4,9H2,1-2H3. The summed E-state index contributed by atoms with van der Waals surface area (Å²) >= 11 is 5.94. The number of aromatic nitrogens is 4. The molecule has 536 valence electrons. The Hall–Kier alpha value is -6.28. The fraction of sp³-hybridized carbons (Fsp3) is 0.444.